The molecule has 0 spiro atoms. The molecule has 0 heterocycles. The Hall–Kier alpha value is -3.60. The number of carbonyl (C=O) groups is 2. The van der Waals surface area contributed by atoms with Crippen molar-refractivity contribution in [3.05, 3.63) is 101 Å². The van der Waals surface area contributed by atoms with Crippen molar-refractivity contribution in [2.24, 2.45) is 0 Å². The van der Waals surface area contributed by atoms with Gasteiger partial charge in [-0.25, -0.2) is 0 Å². The molecule has 5 nitrogen and oxygen atoms in total. The second-order valence-electron chi connectivity index (χ2n) is 8.53. The number of hydrogen-bond donors (Lipinski definition) is 1. The maximum atomic E-state index is 13.6. The van der Waals surface area contributed by atoms with Gasteiger partial charge in [0.1, 0.15) is 11.8 Å². The predicted molar refractivity (Wildman–Crippen MR) is 136 cm³/mol. The Morgan fingerprint density at radius 3 is 2.26 bits per heavy atom. The molecule has 0 fully saturated rings. The molecule has 3 aromatic rings. The highest BCUT2D eigenvalue weighted by Crippen LogP contribution is 2.22. The third kappa shape index (κ3) is 6.47. The minimum absolute atomic E-state index is 0.138. The lowest BCUT2D eigenvalue weighted by Gasteiger charge is -2.32. The molecule has 3 rings (SSSR count). The van der Waals surface area contributed by atoms with Crippen LogP contribution in [-0.2, 0) is 22.6 Å². The third-order valence-corrected chi connectivity index (χ3v) is 6.13. The molecule has 5 heteroatoms. The number of nitrogens with zero attached hydrogens (tertiary/aromatic N) is 1. The average molecular weight is 459 g/mol. The molecule has 2 amide bonds. The van der Waals surface area contributed by atoms with Crippen molar-refractivity contribution in [1.29, 1.82) is 0 Å². The predicted octanol–water partition coefficient (Wildman–Crippen LogP) is 4.77. The van der Waals surface area contributed by atoms with Crippen LogP contribution < -0.4 is 10.1 Å². The first-order chi connectivity index (χ1) is 16.4. The molecule has 0 bridgehead atoms. The lowest BCUT2D eigenvalue weighted by molar-refractivity contribution is -0.142. The van der Waals surface area contributed by atoms with E-state index in [-0.39, 0.29) is 18.4 Å². The molecular formula is C29H34N2O3. The normalized spacial score (nSPS) is 11.5. The summed E-state index contributed by atoms with van der Waals surface area (Å²) in [5.74, 6) is 0.290. The van der Waals surface area contributed by atoms with E-state index in [1.165, 1.54) is 0 Å². The zero-order chi connectivity index (χ0) is 24.5. The van der Waals surface area contributed by atoms with Gasteiger partial charge in [0.15, 0.2) is 6.61 Å². The highest BCUT2D eigenvalue weighted by Gasteiger charge is 2.30. The van der Waals surface area contributed by atoms with Gasteiger partial charge in [-0.3, -0.25) is 9.59 Å². The van der Waals surface area contributed by atoms with Crippen LogP contribution in [0.15, 0.2) is 72.8 Å². The maximum absolute atomic E-state index is 13.6. The zero-order valence-corrected chi connectivity index (χ0v) is 20.5. The Morgan fingerprint density at radius 2 is 1.56 bits per heavy atom. The standard InChI is InChI=1S/C29H34N2O3/c1-5-30-29(33)26(18-24-14-7-6-8-15-24)31(19-25-16-10-9-12-22(25)3)28(32)20-34-27-17-11-13-21(2)23(27)4/h6-17,26H,5,18-20H2,1-4H3,(H,30,33)/t26-/m0/s1. The number of benzene rings is 3. The Balaban J connectivity index is 1.92. The lowest BCUT2D eigenvalue weighted by atomic mass is 10.0. The molecule has 0 saturated carbocycles. The molecule has 0 saturated heterocycles. The molecule has 34 heavy (non-hydrogen) atoms. The second kappa shape index (κ2) is 12.0. The second-order valence-corrected chi connectivity index (χ2v) is 8.53. The van der Waals surface area contributed by atoms with E-state index in [0.717, 1.165) is 27.8 Å². The molecule has 0 aliphatic carbocycles. The summed E-state index contributed by atoms with van der Waals surface area (Å²) in [6, 6.07) is 22.9. The van der Waals surface area contributed by atoms with Crippen molar-refractivity contribution in [1.82, 2.24) is 10.2 Å². The van der Waals surface area contributed by atoms with E-state index in [9.17, 15) is 9.59 Å². The molecule has 1 N–H and O–H groups in total. The SMILES string of the molecule is CCNC(=O)[C@H](Cc1ccccc1)N(Cc1ccccc1C)C(=O)COc1cccc(C)c1C. The number of rotatable bonds is 10. The fraction of sp³-hybridized carbons (Fsp3) is 0.310. The largest absolute Gasteiger partial charge is 0.483 e. The summed E-state index contributed by atoms with van der Waals surface area (Å²) in [6.07, 6.45) is 0.424. The van der Waals surface area contributed by atoms with E-state index in [2.05, 4.69) is 5.32 Å². The van der Waals surface area contributed by atoms with Crippen molar-refractivity contribution in [2.45, 2.75) is 46.7 Å². The molecule has 0 radical (unpaired) electrons. The fourth-order valence-electron chi connectivity index (χ4n) is 3.92. The molecular weight excluding hydrogens is 424 g/mol. The molecule has 178 valence electrons. The number of likely N-dealkylation sites (N-methyl/N-ethyl adjacent to an activating group) is 1. The van der Waals surface area contributed by atoms with Crippen LogP contribution in [0.3, 0.4) is 0 Å². The Kier molecular flexibility index (Phi) is 8.86. The molecule has 0 unspecified atom stereocenters. The highest BCUT2D eigenvalue weighted by atomic mass is 16.5. The summed E-state index contributed by atoms with van der Waals surface area (Å²) >= 11 is 0. The van der Waals surface area contributed by atoms with Crippen molar-refractivity contribution in [3.63, 3.8) is 0 Å². The minimum Gasteiger partial charge on any atom is -0.483 e. The first-order valence-electron chi connectivity index (χ1n) is 11.7. The lowest BCUT2D eigenvalue weighted by Crippen LogP contribution is -2.51. The van der Waals surface area contributed by atoms with Crippen LogP contribution in [0.2, 0.25) is 0 Å². The van der Waals surface area contributed by atoms with Crippen molar-refractivity contribution in [2.75, 3.05) is 13.2 Å². The first-order valence-corrected chi connectivity index (χ1v) is 11.7. The van der Waals surface area contributed by atoms with E-state index < -0.39 is 6.04 Å². The van der Waals surface area contributed by atoms with Crippen LogP contribution >= 0.6 is 0 Å². The molecule has 3 aromatic carbocycles. The van der Waals surface area contributed by atoms with Crippen molar-refractivity contribution < 1.29 is 14.3 Å². The summed E-state index contributed by atoms with van der Waals surface area (Å²) < 4.78 is 5.95. The van der Waals surface area contributed by atoms with Gasteiger partial charge in [0.25, 0.3) is 5.91 Å². The zero-order valence-electron chi connectivity index (χ0n) is 20.5. The molecule has 0 aliphatic heterocycles. The van der Waals surface area contributed by atoms with Gasteiger partial charge in [0.05, 0.1) is 0 Å². The maximum Gasteiger partial charge on any atom is 0.261 e. The van der Waals surface area contributed by atoms with Gasteiger partial charge in [-0.2, -0.15) is 0 Å². The minimum atomic E-state index is -0.656. The number of aryl methyl sites for hydroxylation is 2. The van der Waals surface area contributed by atoms with E-state index in [1.807, 2.05) is 100 Å². The van der Waals surface area contributed by atoms with Crippen LogP contribution in [-0.4, -0.2) is 35.9 Å². The Morgan fingerprint density at radius 1 is 0.882 bits per heavy atom. The summed E-state index contributed by atoms with van der Waals surface area (Å²) in [7, 11) is 0. The molecule has 1 atom stereocenters. The smallest absolute Gasteiger partial charge is 0.261 e. The first kappa shape index (κ1) is 25.0. The highest BCUT2D eigenvalue weighted by molar-refractivity contribution is 5.88. The Bertz CT molecular complexity index is 1110. The Labute approximate surface area is 202 Å². The van der Waals surface area contributed by atoms with Crippen LogP contribution in [0, 0.1) is 20.8 Å². The number of ether oxygens (including phenoxy) is 1. The quantitative estimate of drug-likeness (QED) is 0.476. The van der Waals surface area contributed by atoms with Crippen LogP contribution in [0.5, 0.6) is 5.75 Å². The van der Waals surface area contributed by atoms with Gasteiger partial charge >= 0.3 is 0 Å². The van der Waals surface area contributed by atoms with E-state index in [4.69, 9.17) is 4.74 Å². The number of amides is 2. The van der Waals surface area contributed by atoms with Gasteiger partial charge in [0.2, 0.25) is 5.91 Å². The van der Waals surface area contributed by atoms with Crippen molar-refractivity contribution in [3.8, 4) is 5.75 Å². The monoisotopic (exact) mass is 458 g/mol. The third-order valence-electron chi connectivity index (χ3n) is 6.13. The number of hydrogen-bond acceptors (Lipinski definition) is 3. The van der Waals surface area contributed by atoms with E-state index in [0.29, 0.717) is 25.3 Å². The van der Waals surface area contributed by atoms with Gasteiger partial charge in [-0.05, 0) is 61.6 Å². The van der Waals surface area contributed by atoms with Crippen LogP contribution in [0.4, 0.5) is 0 Å². The van der Waals surface area contributed by atoms with Gasteiger partial charge in [0, 0.05) is 19.5 Å². The molecule has 0 aliphatic rings. The summed E-state index contributed by atoms with van der Waals surface area (Å²) in [5.41, 5.74) is 5.18. The van der Waals surface area contributed by atoms with E-state index in [1.54, 1.807) is 4.90 Å². The van der Waals surface area contributed by atoms with E-state index >= 15 is 0 Å². The number of nitrogens with one attached hydrogen (secondary N) is 1. The summed E-state index contributed by atoms with van der Waals surface area (Å²) in [5, 5.41) is 2.92. The summed E-state index contributed by atoms with van der Waals surface area (Å²) in [6.45, 7) is 8.58. The van der Waals surface area contributed by atoms with Crippen LogP contribution in [0.25, 0.3) is 0 Å². The number of carbonyl (C=O) groups excluding carboxylic acids is 2. The van der Waals surface area contributed by atoms with Crippen LogP contribution in [0.1, 0.15) is 34.7 Å². The summed E-state index contributed by atoms with van der Waals surface area (Å²) in [4.78, 5) is 28.4. The molecule has 0 aromatic heterocycles. The van der Waals surface area contributed by atoms with Gasteiger partial charge in [-0.1, -0.05) is 66.7 Å². The average Bonchev–Trinajstić information content (AvgIpc) is 2.84. The van der Waals surface area contributed by atoms with Crippen molar-refractivity contribution >= 4 is 11.8 Å². The fourth-order valence-corrected chi connectivity index (χ4v) is 3.92. The topological polar surface area (TPSA) is 58.6 Å². The van der Waals surface area contributed by atoms with Gasteiger partial charge in [-0.15, -0.1) is 0 Å². The van der Waals surface area contributed by atoms with Gasteiger partial charge < -0.3 is 15.0 Å².